The molecule has 0 spiro atoms. The van der Waals surface area contributed by atoms with Crippen molar-refractivity contribution in [2.45, 2.75) is 13.1 Å². The minimum Gasteiger partial charge on any atom is -0.478 e. The molecule has 4 rings (SSSR count). The average Bonchev–Trinajstić information content (AvgIpc) is 3.16. The molecule has 0 amide bonds. The van der Waals surface area contributed by atoms with E-state index in [0.29, 0.717) is 21.5 Å². The predicted molar refractivity (Wildman–Crippen MR) is 107 cm³/mol. The van der Waals surface area contributed by atoms with E-state index in [9.17, 15) is 23.1 Å². The molecule has 2 heterocycles. The number of anilines is 2. The van der Waals surface area contributed by atoms with Gasteiger partial charge in [0, 0.05) is 11.3 Å². The van der Waals surface area contributed by atoms with Gasteiger partial charge in [-0.1, -0.05) is 18.2 Å². The normalized spacial score (nSPS) is 11.6. The SMILES string of the molecule is Cc1c(C(=O)O)cccc1-c1nc(Nc2cccc(C(F)(F)F)c2)c2ncsc2n1. The molecule has 2 N–H and O–H groups in total. The Morgan fingerprint density at radius 1 is 1.13 bits per heavy atom. The molecule has 0 fully saturated rings. The van der Waals surface area contributed by atoms with Gasteiger partial charge in [0.15, 0.2) is 11.6 Å². The van der Waals surface area contributed by atoms with Crippen molar-refractivity contribution in [2.75, 3.05) is 5.32 Å². The van der Waals surface area contributed by atoms with E-state index >= 15 is 0 Å². The highest BCUT2D eigenvalue weighted by Crippen LogP contribution is 2.33. The molecule has 4 aromatic rings. The number of fused-ring (bicyclic) bond motifs is 1. The van der Waals surface area contributed by atoms with Crippen LogP contribution in [-0.2, 0) is 6.18 Å². The number of halogens is 3. The number of nitrogens with one attached hydrogen (secondary N) is 1. The lowest BCUT2D eigenvalue weighted by molar-refractivity contribution is -0.137. The molecular formula is C20H13F3N4O2S. The number of carboxylic acid groups (broad SMARTS) is 1. The molecule has 0 aliphatic rings. The summed E-state index contributed by atoms with van der Waals surface area (Å²) in [7, 11) is 0. The van der Waals surface area contributed by atoms with Crippen LogP contribution >= 0.6 is 11.3 Å². The first-order valence-electron chi connectivity index (χ1n) is 8.63. The first kappa shape index (κ1) is 19.8. The number of rotatable bonds is 4. The molecule has 30 heavy (non-hydrogen) atoms. The monoisotopic (exact) mass is 430 g/mol. The predicted octanol–water partition coefficient (Wildman–Crippen LogP) is 5.52. The van der Waals surface area contributed by atoms with Crippen LogP contribution in [0, 0.1) is 6.92 Å². The first-order chi connectivity index (χ1) is 14.2. The number of aromatic carboxylic acids is 1. The lowest BCUT2D eigenvalue weighted by Crippen LogP contribution is -2.06. The van der Waals surface area contributed by atoms with E-state index in [1.54, 1.807) is 24.6 Å². The van der Waals surface area contributed by atoms with E-state index in [1.165, 1.54) is 29.5 Å². The van der Waals surface area contributed by atoms with Gasteiger partial charge in [0.2, 0.25) is 0 Å². The van der Waals surface area contributed by atoms with E-state index in [0.717, 1.165) is 12.1 Å². The number of thiazole rings is 1. The topological polar surface area (TPSA) is 88.0 Å². The summed E-state index contributed by atoms with van der Waals surface area (Å²) < 4.78 is 39.1. The van der Waals surface area contributed by atoms with E-state index in [2.05, 4.69) is 20.3 Å². The fraction of sp³-hybridized carbons (Fsp3) is 0.100. The maximum absolute atomic E-state index is 13.0. The Hall–Kier alpha value is -3.53. The van der Waals surface area contributed by atoms with Crippen LogP contribution in [0.3, 0.4) is 0 Å². The molecule has 0 aliphatic heterocycles. The zero-order chi connectivity index (χ0) is 21.5. The van der Waals surface area contributed by atoms with Gasteiger partial charge in [-0.15, -0.1) is 11.3 Å². The first-order valence-corrected chi connectivity index (χ1v) is 9.51. The smallest absolute Gasteiger partial charge is 0.416 e. The quantitative estimate of drug-likeness (QED) is 0.443. The lowest BCUT2D eigenvalue weighted by atomic mass is 10.0. The molecule has 0 saturated heterocycles. The zero-order valence-corrected chi connectivity index (χ0v) is 16.2. The second kappa shape index (κ2) is 7.38. The molecule has 152 valence electrons. The van der Waals surface area contributed by atoms with Gasteiger partial charge in [-0.3, -0.25) is 0 Å². The Labute approximate surface area is 172 Å². The van der Waals surface area contributed by atoms with Gasteiger partial charge in [-0.2, -0.15) is 13.2 Å². The summed E-state index contributed by atoms with van der Waals surface area (Å²) in [4.78, 5) is 25.1. The van der Waals surface area contributed by atoms with Gasteiger partial charge in [-0.05, 0) is 36.8 Å². The third-order valence-corrected chi connectivity index (χ3v) is 5.17. The van der Waals surface area contributed by atoms with Crippen LogP contribution in [0.25, 0.3) is 21.7 Å². The third-order valence-electron chi connectivity index (χ3n) is 4.46. The zero-order valence-electron chi connectivity index (χ0n) is 15.4. The Bertz CT molecular complexity index is 1270. The number of benzene rings is 2. The van der Waals surface area contributed by atoms with E-state index < -0.39 is 17.7 Å². The fourth-order valence-electron chi connectivity index (χ4n) is 2.99. The number of carboxylic acids is 1. The van der Waals surface area contributed by atoms with Crippen LogP contribution in [0.5, 0.6) is 0 Å². The summed E-state index contributed by atoms with van der Waals surface area (Å²) in [5.74, 6) is -0.590. The maximum Gasteiger partial charge on any atom is 0.416 e. The van der Waals surface area contributed by atoms with Crippen molar-refractivity contribution in [2.24, 2.45) is 0 Å². The number of aromatic nitrogens is 3. The summed E-state index contributed by atoms with van der Waals surface area (Å²) in [5.41, 5.74) is 2.49. The van der Waals surface area contributed by atoms with Gasteiger partial charge in [0.25, 0.3) is 0 Å². The molecule has 10 heteroatoms. The van der Waals surface area contributed by atoms with Gasteiger partial charge in [0.05, 0.1) is 16.6 Å². The summed E-state index contributed by atoms with van der Waals surface area (Å²) in [6.07, 6.45) is -4.47. The highest BCUT2D eigenvalue weighted by Gasteiger charge is 2.30. The molecule has 2 aromatic heterocycles. The molecule has 0 bridgehead atoms. The van der Waals surface area contributed by atoms with Crippen LogP contribution in [-0.4, -0.2) is 26.0 Å². The Morgan fingerprint density at radius 3 is 2.63 bits per heavy atom. The molecule has 0 unspecified atom stereocenters. The minimum absolute atomic E-state index is 0.118. The van der Waals surface area contributed by atoms with Crippen LogP contribution in [0.1, 0.15) is 21.5 Å². The highest BCUT2D eigenvalue weighted by atomic mass is 32.1. The molecule has 0 radical (unpaired) electrons. The van der Waals surface area contributed by atoms with E-state index in [1.807, 2.05) is 0 Å². The van der Waals surface area contributed by atoms with Crippen molar-refractivity contribution < 1.29 is 23.1 Å². The Kier molecular flexibility index (Phi) is 4.86. The lowest BCUT2D eigenvalue weighted by Gasteiger charge is -2.12. The van der Waals surface area contributed by atoms with Gasteiger partial charge >= 0.3 is 12.1 Å². The standard InChI is InChI=1S/C20H13F3N4O2S/c1-10-13(6-3-7-14(10)19(28)29)16-26-17(15-18(27-16)30-9-24-15)25-12-5-2-4-11(8-12)20(21,22)23/h2-9H,1H3,(H,28,29)(H,25,26,27). The van der Waals surface area contributed by atoms with E-state index in [-0.39, 0.29) is 22.9 Å². The Morgan fingerprint density at radius 2 is 1.90 bits per heavy atom. The summed E-state index contributed by atoms with van der Waals surface area (Å²) in [5, 5.41) is 12.3. The van der Waals surface area contributed by atoms with Crippen LogP contribution in [0.4, 0.5) is 24.7 Å². The largest absolute Gasteiger partial charge is 0.478 e. The molecule has 0 aliphatic carbocycles. The molecule has 0 atom stereocenters. The van der Waals surface area contributed by atoms with Crippen molar-refractivity contribution >= 4 is 39.2 Å². The van der Waals surface area contributed by atoms with E-state index in [4.69, 9.17) is 0 Å². The molecule has 2 aromatic carbocycles. The number of hydrogen-bond acceptors (Lipinski definition) is 6. The molecular weight excluding hydrogens is 417 g/mol. The number of alkyl halides is 3. The average molecular weight is 430 g/mol. The van der Waals surface area contributed by atoms with Gasteiger partial charge in [0.1, 0.15) is 10.3 Å². The van der Waals surface area contributed by atoms with Crippen molar-refractivity contribution in [1.29, 1.82) is 0 Å². The van der Waals surface area contributed by atoms with Crippen molar-refractivity contribution in [3.63, 3.8) is 0 Å². The number of nitrogens with zero attached hydrogens (tertiary/aromatic N) is 3. The fourth-order valence-corrected chi connectivity index (χ4v) is 3.65. The summed E-state index contributed by atoms with van der Waals surface area (Å²) in [6, 6.07) is 9.52. The number of carbonyl (C=O) groups is 1. The van der Waals surface area contributed by atoms with Crippen LogP contribution in [0.15, 0.2) is 48.0 Å². The van der Waals surface area contributed by atoms with Crippen molar-refractivity contribution in [1.82, 2.24) is 15.0 Å². The summed E-state index contributed by atoms with van der Waals surface area (Å²) >= 11 is 1.25. The van der Waals surface area contributed by atoms with Gasteiger partial charge in [-0.25, -0.2) is 19.7 Å². The highest BCUT2D eigenvalue weighted by molar-refractivity contribution is 7.16. The van der Waals surface area contributed by atoms with Gasteiger partial charge < -0.3 is 10.4 Å². The third kappa shape index (κ3) is 3.69. The Balaban J connectivity index is 1.82. The second-order valence-corrected chi connectivity index (χ2v) is 7.22. The molecule has 6 nitrogen and oxygen atoms in total. The maximum atomic E-state index is 13.0. The summed E-state index contributed by atoms with van der Waals surface area (Å²) in [6.45, 7) is 1.65. The van der Waals surface area contributed by atoms with Crippen LogP contribution < -0.4 is 5.32 Å². The van der Waals surface area contributed by atoms with Crippen LogP contribution in [0.2, 0.25) is 0 Å². The second-order valence-electron chi connectivity index (χ2n) is 6.39. The van der Waals surface area contributed by atoms with Crippen molar-refractivity contribution in [3.8, 4) is 11.4 Å². The van der Waals surface area contributed by atoms with Crippen molar-refractivity contribution in [3.05, 3.63) is 64.7 Å². The minimum atomic E-state index is -4.47. The number of hydrogen-bond donors (Lipinski definition) is 2. The molecule has 0 saturated carbocycles.